The highest BCUT2D eigenvalue weighted by molar-refractivity contribution is 7.71. The van der Waals surface area contributed by atoms with Crippen LogP contribution in [0.25, 0.3) is 0 Å². The molecule has 9 nitrogen and oxygen atoms in total. The van der Waals surface area contributed by atoms with Crippen molar-refractivity contribution >= 4 is 24.1 Å². The van der Waals surface area contributed by atoms with Gasteiger partial charge in [-0.05, 0) is 29.9 Å². The Labute approximate surface area is 191 Å². The molecule has 1 aromatic heterocycles. The molecule has 2 aromatic rings. The first-order chi connectivity index (χ1) is 15.3. The quantitative estimate of drug-likeness (QED) is 0.699. The predicted octanol–water partition coefficient (Wildman–Crippen LogP) is 1.64. The number of ether oxygens (including phenoxy) is 1. The summed E-state index contributed by atoms with van der Waals surface area (Å²) < 4.78 is 22.8. The summed E-state index contributed by atoms with van der Waals surface area (Å²) in [4.78, 5) is 20.0. The Bertz CT molecular complexity index is 1170. The molecule has 170 valence electrons. The van der Waals surface area contributed by atoms with Crippen LogP contribution in [0, 0.1) is 21.9 Å². The number of carbonyl (C=O) groups excluding carboxylic acids is 1. The van der Waals surface area contributed by atoms with E-state index in [0.29, 0.717) is 30.3 Å². The number of anilines is 1. The number of hydrogen-bond donors (Lipinski definition) is 1. The highest BCUT2D eigenvalue weighted by Crippen LogP contribution is 2.21. The minimum atomic E-state index is -0.576. The molecule has 0 saturated carbocycles. The summed E-state index contributed by atoms with van der Waals surface area (Å²) in [5.74, 6) is 0.242. The minimum Gasteiger partial charge on any atom is -0.356 e. The number of carbonyl (C=O) groups is 1. The van der Waals surface area contributed by atoms with Crippen molar-refractivity contribution in [3.63, 3.8) is 0 Å². The molecule has 1 aliphatic heterocycles. The van der Waals surface area contributed by atoms with Gasteiger partial charge in [-0.3, -0.25) is 4.90 Å². The number of urea groups is 1. The number of likely N-dealkylation sites (N-methyl/N-ethyl adjacent to an activating group) is 1. The Balaban J connectivity index is 1.96. The third-order valence-electron chi connectivity index (χ3n) is 5.41. The number of benzene rings is 1. The average Bonchev–Trinajstić information content (AvgIpc) is 2.80. The molecule has 1 aromatic carbocycles. The van der Waals surface area contributed by atoms with Gasteiger partial charge in [0.2, 0.25) is 0 Å². The number of aromatic nitrogens is 2. The number of rotatable bonds is 4. The molecule has 1 N–H and O–H groups in total. The van der Waals surface area contributed by atoms with E-state index in [4.69, 9.17) is 17.0 Å². The minimum absolute atomic E-state index is 0.177. The number of amides is 2. The predicted molar refractivity (Wildman–Crippen MR) is 120 cm³/mol. The molecule has 2 heterocycles. The van der Waals surface area contributed by atoms with Crippen LogP contribution in [0.15, 0.2) is 29.3 Å². The van der Waals surface area contributed by atoms with Gasteiger partial charge in [0.05, 0.1) is 6.61 Å². The molecule has 2 amide bonds. The van der Waals surface area contributed by atoms with Gasteiger partial charge >= 0.3 is 6.03 Å². The fraction of sp³-hybridized carbons (Fsp3) is 0.429. The number of nitriles is 1. The monoisotopic (exact) mass is 459 g/mol. The summed E-state index contributed by atoms with van der Waals surface area (Å²) in [7, 11) is 6.71. The van der Waals surface area contributed by atoms with Crippen molar-refractivity contribution in [3.05, 3.63) is 51.5 Å². The van der Waals surface area contributed by atoms with E-state index in [0.717, 1.165) is 12.1 Å². The van der Waals surface area contributed by atoms with Crippen molar-refractivity contribution in [2.45, 2.75) is 12.8 Å². The summed E-state index contributed by atoms with van der Waals surface area (Å²) in [6.07, 6.45) is -0.363. The second-order valence-corrected chi connectivity index (χ2v) is 7.86. The summed E-state index contributed by atoms with van der Waals surface area (Å²) in [6.45, 7) is 2.44. The van der Waals surface area contributed by atoms with Gasteiger partial charge in [-0.2, -0.15) is 10.3 Å². The number of nitrogens with zero attached hydrogens (tertiary/aromatic N) is 6. The van der Waals surface area contributed by atoms with E-state index in [9.17, 15) is 14.4 Å². The smallest absolute Gasteiger partial charge is 0.342 e. The molecule has 1 saturated heterocycles. The van der Waals surface area contributed by atoms with E-state index in [1.807, 2.05) is 11.9 Å². The van der Waals surface area contributed by atoms with E-state index in [2.05, 4.69) is 21.3 Å². The molecule has 0 spiro atoms. The number of hydrogen-bond acceptors (Lipinski definition) is 6. The van der Waals surface area contributed by atoms with Gasteiger partial charge in [0, 0.05) is 47.8 Å². The third-order valence-corrected chi connectivity index (χ3v) is 5.95. The molecule has 0 aliphatic carbocycles. The Morgan fingerprint density at radius 1 is 1.38 bits per heavy atom. The Morgan fingerprint density at radius 3 is 2.69 bits per heavy atom. The van der Waals surface area contributed by atoms with E-state index in [-0.39, 0.29) is 23.1 Å². The lowest BCUT2D eigenvalue weighted by molar-refractivity contribution is -0.0304. The second-order valence-electron chi connectivity index (χ2n) is 7.50. The first kappa shape index (κ1) is 23.6. The number of morpholine rings is 1. The lowest BCUT2D eigenvalue weighted by atomic mass is 10.2. The van der Waals surface area contributed by atoms with Crippen molar-refractivity contribution in [2.24, 2.45) is 19.1 Å². The van der Waals surface area contributed by atoms with Crippen LogP contribution in [-0.2, 0) is 25.4 Å². The molecular weight excluding hydrogens is 433 g/mol. The zero-order valence-corrected chi connectivity index (χ0v) is 19.3. The fourth-order valence-electron chi connectivity index (χ4n) is 3.68. The van der Waals surface area contributed by atoms with Crippen molar-refractivity contribution in [2.75, 3.05) is 38.7 Å². The van der Waals surface area contributed by atoms with Gasteiger partial charge in [0.15, 0.2) is 10.3 Å². The van der Waals surface area contributed by atoms with Crippen molar-refractivity contribution in [1.82, 2.24) is 19.4 Å². The summed E-state index contributed by atoms with van der Waals surface area (Å²) in [5, 5.41) is 12.4. The molecule has 1 fully saturated rings. The van der Waals surface area contributed by atoms with Crippen molar-refractivity contribution < 1.29 is 13.9 Å². The van der Waals surface area contributed by atoms with Crippen LogP contribution in [0.4, 0.5) is 15.0 Å². The molecule has 1 aliphatic rings. The van der Waals surface area contributed by atoms with Crippen LogP contribution in [0.5, 0.6) is 0 Å². The van der Waals surface area contributed by atoms with Gasteiger partial charge in [-0.25, -0.2) is 9.18 Å². The zero-order chi connectivity index (χ0) is 23.4. The Morgan fingerprint density at radius 2 is 2.06 bits per heavy atom. The van der Waals surface area contributed by atoms with E-state index in [1.54, 1.807) is 30.8 Å². The maximum atomic E-state index is 13.2. The van der Waals surface area contributed by atoms with Crippen molar-refractivity contribution in [1.29, 1.82) is 5.26 Å². The molecule has 32 heavy (non-hydrogen) atoms. The van der Waals surface area contributed by atoms with Crippen molar-refractivity contribution in [3.8, 4) is 6.07 Å². The highest BCUT2D eigenvalue weighted by Gasteiger charge is 2.28. The standard InChI is InChI=1S/C21H26FN7O2S/c1-24-20(30)25-18-16(11-23)19(28(4)21(32)27(18)3)26(2)17-13-29(9-10-31-17)12-14-5-7-15(22)8-6-14/h5-8,17H,9-10,12-13H2,1-4H3,(H,24,30). The summed E-state index contributed by atoms with van der Waals surface area (Å²) in [5.41, 5.74) is 1.40. The SMILES string of the molecule is CNC(=O)N=c1c(C#N)c(N(C)C2CN(Cc3ccc(F)cc3)CCO2)n(C)c(=S)n1C. The molecule has 3 rings (SSSR count). The van der Waals surface area contributed by atoms with E-state index in [1.165, 1.54) is 23.7 Å². The molecule has 1 atom stereocenters. The molecular formula is C21H26FN7O2S. The summed E-state index contributed by atoms with van der Waals surface area (Å²) >= 11 is 5.52. The molecule has 0 bridgehead atoms. The second kappa shape index (κ2) is 10.0. The van der Waals surface area contributed by atoms with Crippen LogP contribution < -0.4 is 15.7 Å². The maximum absolute atomic E-state index is 13.2. The van der Waals surface area contributed by atoms with Crippen LogP contribution >= 0.6 is 12.2 Å². The average molecular weight is 460 g/mol. The van der Waals surface area contributed by atoms with E-state index < -0.39 is 6.03 Å². The van der Waals surface area contributed by atoms with Crippen LogP contribution in [0.3, 0.4) is 0 Å². The highest BCUT2D eigenvalue weighted by atomic mass is 32.1. The van der Waals surface area contributed by atoms with Gasteiger partial charge in [-0.1, -0.05) is 12.1 Å². The lowest BCUT2D eigenvalue weighted by Gasteiger charge is -2.39. The Hall–Kier alpha value is -3.07. The first-order valence-corrected chi connectivity index (χ1v) is 10.5. The lowest BCUT2D eigenvalue weighted by Crippen LogP contribution is -2.51. The fourth-order valence-corrected chi connectivity index (χ4v) is 3.86. The van der Waals surface area contributed by atoms with Gasteiger partial charge in [0.1, 0.15) is 29.5 Å². The van der Waals surface area contributed by atoms with Crippen LogP contribution in [0.1, 0.15) is 11.1 Å². The van der Waals surface area contributed by atoms with E-state index >= 15 is 0 Å². The topological polar surface area (TPSA) is 90.8 Å². The van der Waals surface area contributed by atoms with Gasteiger partial charge < -0.3 is 24.1 Å². The number of nitrogens with one attached hydrogen (secondary N) is 1. The first-order valence-electron chi connectivity index (χ1n) is 10.0. The summed E-state index contributed by atoms with van der Waals surface area (Å²) in [6, 6.07) is 8.03. The largest absolute Gasteiger partial charge is 0.356 e. The van der Waals surface area contributed by atoms with Crippen LogP contribution in [-0.4, -0.2) is 60.1 Å². The molecule has 1 unspecified atom stereocenters. The van der Waals surface area contributed by atoms with Gasteiger partial charge in [0.25, 0.3) is 0 Å². The molecule has 11 heteroatoms. The Kier molecular flexibility index (Phi) is 7.40. The van der Waals surface area contributed by atoms with Crippen LogP contribution in [0.2, 0.25) is 0 Å². The van der Waals surface area contributed by atoms with Gasteiger partial charge in [-0.15, -0.1) is 0 Å². The number of halogens is 1. The zero-order valence-electron chi connectivity index (χ0n) is 18.5. The maximum Gasteiger partial charge on any atom is 0.342 e. The molecule has 0 radical (unpaired) electrons. The third kappa shape index (κ3) is 4.88. The normalized spacial score (nSPS) is 17.1.